The zero-order chi connectivity index (χ0) is 14.3. The maximum atomic E-state index is 12.6. The van der Waals surface area contributed by atoms with Crippen molar-refractivity contribution < 1.29 is 23.8 Å². The van der Waals surface area contributed by atoms with E-state index in [0.717, 1.165) is 6.42 Å². The molecule has 0 aromatic heterocycles. The molecule has 0 unspecified atom stereocenters. The largest absolute Gasteiger partial charge is 0.469 e. The fourth-order valence-electron chi connectivity index (χ4n) is 3.57. The number of fused-ring (bicyclic) bond motifs is 1. The molecule has 3 rings (SSSR count). The van der Waals surface area contributed by atoms with Crippen LogP contribution in [0.5, 0.6) is 0 Å². The fraction of sp³-hybridized carbons (Fsp3) is 0.714. The lowest BCUT2D eigenvalue weighted by atomic mass is 9.77. The van der Waals surface area contributed by atoms with Gasteiger partial charge in [0.05, 0.1) is 25.7 Å². The third-order valence-corrected chi connectivity index (χ3v) is 4.43. The van der Waals surface area contributed by atoms with Crippen LogP contribution in [0.4, 0.5) is 0 Å². The van der Waals surface area contributed by atoms with E-state index in [9.17, 15) is 9.59 Å². The third-order valence-electron chi connectivity index (χ3n) is 4.43. The van der Waals surface area contributed by atoms with Gasteiger partial charge in [-0.05, 0) is 6.42 Å². The summed E-state index contributed by atoms with van der Waals surface area (Å²) >= 11 is 0. The summed E-state index contributed by atoms with van der Waals surface area (Å²) in [5, 5.41) is 0. The second-order valence-corrected chi connectivity index (χ2v) is 5.53. The Morgan fingerprint density at radius 2 is 2.35 bits per heavy atom. The summed E-state index contributed by atoms with van der Waals surface area (Å²) in [5.74, 6) is -1.32. The molecule has 1 amide bonds. The summed E-state index contributed by atoms with van der Waals surface area (Å²) in [7, 11) is 2.99. The van der Waals surface area contributed by atoms with Crippen LogP contribution >= 0.6 is 0 Å². The maximum absolute atomic E-state index is 12.6. The first-order valence-corrected chi connectivity index (χ1v) is 6.86. The topological polar surface area (TPSA) is 65.1 Å². The van der Waals surface area contributed by atoms with Gasteiger partial charge in [0.2, 0.25) is 5.91 Å². The van der Waals surface area contributed by atoms with Gasteiger partial charge in [-0.2, -0.15) is 0 Å². The number of hydrogen-bond donors (Lipinski definition) is 0. The zero-order valence-electron chi connectivity index (χ0n) is 11.7. The minimum Gasteiger partial charge on any atom is -0.469 e. The number of esters is 1. The van der Waals surface area contributed by atoms with Crippen LogP contribution in [-0.4, -0.2) is 62.4 Å². The van der Waals surface area contributed by atoms with E-state index in [1.165, 1.54) is 7.11 Å². The van der Waals surface area contributed by atoms with E-state index in [1.54, 1.807) is 12.0 Å². The molecule has 6 heteroatoms. The third kappa shape index (κ3) is 1.78. The molecule has 0 aromatic carbocycles. The highest BCUT2D eigenvalue weighted by molar-refractivity contribution is 5.91. The number of rotatable bonds is 5. The van der Waals surface area contributed by atoms with Crippen molar-refractivity contribution in [3.63, 3.8) is 0 Å². The number of nitrogens with zero attached hydrogens (tertiary/aromatic N) is 1. The van der Waals surface area contributed by atoms with Crippen LogP contribution in [0.1, 0.15) is 6.42 Å². The quantitative estimate of drug-likeness (QED) is 0.402. The number of ether oxygens (including phenoxy) is 3. The smallest absolute Gasteiger partial charge is 0.312 e. The molecule has 3 aliphatic heterocycles. The van der Waals surface area contributed by atoms with Crippen LogP contribution in [0.25, 0.3) is 0 Å². The lowest BCUT2D eigenvalue weighted by Crippen LogP contribution is -2.39. The molecule has 0 saturated carbocycles. The number of carbonyl (C=O) groups excluding carboxylic acids is 2. The predicted molar refractivity (Wildman–Crippen MR) is 68.8 cm³/mol. The van der Waals surface area contributed by atoms with Gasteiger partial charge >= 0.3 is 5.97 Å². The molecular formula is C14H19NO5. The van der Waals surface area contributed by atoms with Crippen molar-refractivity contribution >= 4 is 11.9 Å². The molecule has 0 radical (unpaired) electrons. The van der Waals surface area contributed by atoms with Crippen molar-refractivity contribution in [1.29, 1.82) is 0 Å². The Labute approximate surface area is 117 Å². The van der Waals surface area contributed by atoms with E-state index in [0.29, 0.717) is 19.7 Å². The zero-order valence-corrected chi connectivity index (χ0v) is 11.7. The number of amides is 1. The molecule has 110 valence electrons. The van der Waals surface area contributed by atoms with Gasteiger partial charge in [-0.25, -0.2) is 0 Å². The molecule has 4 atom stereocenters. The highest BCUT2D eigenvalue weighted by atomic mass is 16.5. The predicted octanol–water partition coefficient (Wildman–Crippen LogP) is -0.0221. The van der Waals surface area contributed by atoms with Crippen LogP contribution < -0.4 is 0 Å². The van der Waals surface area contributed by atoms with Crippen LogP contribution in [0, 0.1) is 11.8 Å². The lowest BCUT2D eigenvalue weighted by Gasteiger charge is -2.22. The Bertz CT molecular complexity index is 462. The summed E-state index contributed by atoms with van der Waals surface area (Å²) in [6.45, 7) is 1.75. The molecule has 2 bridgehead atoms. The van der Waals surface area contributed by atoms with Gasteiger partial charge in [0, 0.05) is 20.3 Å². The Morgan fingerprint density at radius 3 is 3.05 bits per heavy atom. The first-order chi connectivity index (χ1) is 9.63. The molecule has 20 heavy (non-hydrogen) atoms. The van der Waals surface area contributed by atoms with Gasteiger partial charge < -0.3 is 19.1 Å². The molecule has 3 aliphatic rings. The summed E-state index contributed by atoms with van der Waals surface area (Å²) < 4.78 is 15.8. The second-order valence-electron chi connectivity index (χ2n) is 5.53. The van der Waals surface area contributed by atoms with E-state index < -0.39 is 17.4 Å². The SMILES string of the molecule is COCCCN1C[C@@]23C=C[C@@H](O2)[C@@H](C(=O)OC)[C@@H]3C1=O. The van der Waals surface area contributed by atoms with Gasteiger partial charge in [-0.1, -0.05) is 12.2 Å². The first kappa shape index (κ1) is 13.6. The van der Waals surface area contributed by atoms with Crippen LogP contribution in [-0.2, 0) is 23.8 Å². The minimum absolute atomic E-state index is 0.0108. The second kappa shape index (κ2) is 4.86. The van der Waals surface area contributed by atoms with E-state index >= 15 is 0 Å². The van der Waals surface area contributed by atoms with Gasteiger partial charge in [0.15, 0.2) is 0 Å². The van der Waals surface area contributed by atoms with Gasteiger partial charge in [-0.15, -0.1) is 0 Å². The average molecular weight is 281 g/mol. The summed E-state index contributed by atoms with van der Waals surface area (Å²) in [6.07, 6.45) is 4.28. The van der Waals surface area contributed by atoms with Crippen LogP contribution in [0.2, 0.25) is 0 Å². The van der Waals surface area contributed by atoms with Crippen LogP contribution in [0.15, 0.2) is 12.2 Å². The van der Waals surface area contributed by atoms with E-state index in [4.69, 9.17) is 14.2 Å². The Balaban J connectivity index is 1.79. The fourth-order valence-corrected chi connectivity index (χ4v) is 3.57. The minimum atomic E-state index is -0.631. The van der Waals surface area contributed by atoms with E-state index in [1.807, 2.05) is 12.2 Å². The maximum Gasteiger partial charge on any atom is 0.312 e. The van der Waals surface area contributed by atoms with Crippen molar-refractivity contribution in [3.05, 3.63) is 12.2 Å². The molecule has 0 N–H and O–H groups in total. The standard InChI is InChI=1S/C14H19NO5/c1-18-7-3-6-15-8-14-5-4-9(20-14)10(13(17)19-2)11(14)12(15)16/h4-5,9-11H,3,6-8H2,1-2H3/t9-,10-,11-,14-/m1/s1. The monoisotopic (exact) mass is 281 g/mol. The van der Waals surface area contributed by atoms with Crippen molar-refractivity contribution in [2.24, 2.45) is 11.8 Å². The molecular weight excluding hydrogens is 262 g/mol. The Morgan fingerprint density at radius 1 is 1.55 bits per heavy atom. The lowest BCUT2D eigenvalue weighted by molar-refractivity contribution is -0.151. The van der Waals surface area contributed by atoms with Gasteiger partial charge in [0.25, 0.3) is 0 Å². The first-order valence-electron chi connectivity index (χ1n) is 6.86. The molecule has 0 aromatic rings. The van der Waals surface area contributed by atoms with Crippen molar-refractivity contribution in [2.75, 3.05) is 33.9 Å². The normalized spacial score (nSPS) is 37.6. The highest BCUT2D eigenvalue weighted by Gasteiger charge is 2.67. The van der Waals surface area contributed by atoms with Crippen molar-refractivity contribution in [2.45, 2.75) is 18.1 Å². The van der Waals surface area contributed by atoms with Crippen molar-refractivity contribution in [3.8, 4) is 0 Å². The summed E-state index contributed by atoms with van der Waals surface area (Å²) in [5.41, 5.74) is -0.631. The summed E-state index contributed by atoms with van der Waals surface area (Å²) in [6, 6.07) is 0. The highest BCUT2D eigenvalue weighted by Crippen LogP contribution is 2.52. The molecule has 2 saturated heterocycles. The molecule has 3 heterocycles. The molecule has 0 aliphatic carbocycles. The number of methoxy groups -OCH3 is 2. The van der Waals surface area contributed by atoms with Gasteiger partial charge in [-0.3, -0.25) is 9.59 Å². The molecule has 1 spiro atoms. The molecule has 2 fully saturated rings. The van der Waals surface area contributed by atoms with Gasteiger partial charge in [0.1, 0.15) is 11.5 Å². The summed E-state index contributed by atoms with van der Waals surface area (Å²) in [4.78, 5) is 26.3. The number of likely N-dealkylation sites (tertiary alicyclic amines) is 1. The Hall–Kier alpha value is -1.40. The Kier molecular flexibility index (Phi) is 3.30. The number of hydrogen-bond acceptors (Lipinski definition) is 5. The average Bonchev–Trinajstić information content (AvgIpc) is 3.07. The van der Waals surface area contributed by atoms with E-state index in [-0.39, 0.29) is 18.0 Å². The molecule has 6 nitrogen and oxygen atoms in total. The number of carbonyl (C=O) groups is 2. The van der Waals surface area contributed by atoms with Crippen LogP contribution in [0.3, 0.4) is 0 Å². The van der Waals surface area contributed by atoms with E-state index in [2.05, 4.69) is 0 Å². The van der Waals surface area contributed by atoms with Crippen molar-refractivity contribution in [1.82, 2.24) is 4.90 Å².